The molecule has 1 fully saturated rings. The normalized spacial score (nSPS) is 14.2. The Morgan fingerprint density at radius 1 is 1.29 bits per heavy atom. The first kappa shape index (κ1) is 12.0. The summed E-state index contributed by atoms with van der Waals surface area (Å²) in [7, 11) is 0. The van der Waals surface area contributed by atoms with Crippen LogP contribution in [0.2, 0.25) is 0 Å². The number of hydrogen-bond acceptors (Lipinski definition) is 2. The van der Waals surface area contributed by atoms with Crippen LogP contribution in [0.4, 0.5) is 4.39 Å². The van der Waals surface area contributed by atoms with Gasteiger partial charge in [-0.25, -0.2) is 4.39 Å². The number of carbonyl (C=O) groups excluding carboxylic acids is 2. The van der Waals surface area contributed by atoms with Crippen molar-refractivity contribution in [2.75, 3.05) is 0 Å². The molecule has 6 heteroatoms. The summed E-state index contributed by atoms with van der Waals surface area (Å²) < 4.78 is 13.9. The lowest BCUT2D eigenvalue weighted by molar-refractivity contribution is -0.123. The van der Waals surface area contributed by atoms with Crippen molar-refractivity contribution in [2.45, 2.75) is 12.8 Å². The second-order valence-electron chi connectivity index (χ2n) is 3.84. The van der Waals surface area contributed by atoms with Crippen LogP contribution in [0.3, 0.4) is 0 Å². The van der Waals surface area contributed by atoms with Crippen LogP contribution in [0, 0.1) is 11.7 Å². The van der Waals surface area contributed by atoms with E-state index in [2.05, 4.69) is 26.8 Å². The molecular formula is C11H10BrFN2O2. The monoisotopic (exact) mass is 300 g/mol. The fourth-order valence-corrected chi connectivity index (χ4v) is 1.64. The Bertz CT molecular complexity index is 475. The third kappa shape index (κ3) is 3.03. The second kappa shape index (κ2) is 4.83. The summed E-state index contributed by atoms with van der Waals surface area (Å²) in [4.78, 5) is 22.8. The van der Waals surface area contributed by atoms with Crippen LogP contribution in [0.15, 0.2) is 22.7 Å². The highest BCUT2D eigenvalue weighted by Gasteiger charge is 2.29. The van der Waals surface area contributed by atoms with Crippen LogP contribution in [0.25, 0.3) is 0 Å². The third-order valence-corrected chi connectivity index (χ3v) is 2.92. The number of nitrogens with one attached hydrogen (secondary N) is 2. The molecule has 1 aromatic carbocycles. The topological polar surface area (TPSA) is 58.2 Å². The van der Waals surface area contributed by atoms with E-state index in [1.54, 1.807) is 6.07 Å². The first-order valence-corrected chi connectivity index (χ1v) is 5.92. The van der Waals surface area contributed by atoms with Gasteiger partial charge in [-0.15, -0.1) is 0 Å². The van der Waals surface area contributed by atoms with Gasteiger partial charge in [-0.05, 0) is 31.0 Å². The van der Waals surface area contributed by atoms with Crippen molar-refractivity contribution in [3.8, 4) is 0 Å². The average molecular weight is 301 g/mol. The maximum Gasteiger partial charge on any atom is 0.272 e. The summed E-state index contributed by atoms with van der Waals surface area (Å²) >= 11 is 3.09. The van der Waals surface area contributed by atoms with Crippen molar-refractivity contribution in [3.05, 3.63) is 34.1 Å². The number of hydrazine groups is 1. The zero-order valence-corrected chi connectivity index (χ0v) is 10.4. The molecule has 0 bridgehead atoms. The molecule has 1 aliphatic carbocycles. The Balaban J connectivity index is 1.96. The Hall–Kier alpha value is -1.43. The smallest absolute Gasteiger partial charge is 0.272 e. The molecular weight excluding hydrogens is 291 g/mol. The van der Waals surface area contributed by atoms with Gasteiger partial charge in [0.15, 0.2) is 0 Å². The summed E-state index contributed by atoms with van der Waals surface area (Å²) in [6, 6.07) is 4.09. The highest BCUT2D eigenvalue weighted by Crippen LogP contribution is 2.28. The maximum absolute atomic E-state index is 13.4. The number of halogens is 2. The number of hydrogen-bond donors (Lipinski definition) is 2. The molecule has 0 radical (unpaired) electrons. The van der Waals surface area contributed by atoms with Crippen LogP contribution < -0.4 is 10.9 Å². The maximum atomic E-state index is 13.4. The third-order valence-electron chi connectivity index (χ3n) is 2.42. The van der Waals surface area contributed by atoms with E-state index in [0.717, 1.165) is 12.8 Å². The first-order valence-electron chi connectivity index (χ1n) is 5.13. The SMILES string of the molecule is O=C(NNC(=O)C1CC1)c1ccc(Br)cc1F. The summed E-state index contributed by atoms with van der Waals surface area (Å²) in [6.07, 6.45) is 1.68. The molecule has 2 amide bonds. The van der Waals surface area contributed by atoms with E-state index in [4.69, 9.17) is 0 Å². The Morgan fingerprint density at radius 3 is 2.59 bits per heavy atom. The average Bonchev–Trinajstić information content (AvgIpc) is 3.09. The number of rotatable bonds is 2. The molecule has 0 unspecified atom stereocenters. The fraction of sp³-hybridized carbons (Fsp3) is 0.273. The molecule has 0 aliphatic heterocycles. The fourth-order valence-electron chi connectivity index (χ4n) is 1.31. The lowest BCUT2D eigenvalue weighted by atomic mass is 10.2. The molecule has 2 N–H and O–H groups in total. The molecule has 0 heterocycles. The van der Waals surface area contributed by atoms with Crippen LogP contribution in [-0.4, -0.2) is 11.8 Å². The Labute approximate surface area is 106 Å². The van der Waals surface area contributed by atoms with Crippen molar-refractivity contribution in [1.29, 1.82) is 0 Å². The lowest BCUT2D eigenvalue weighted by Crippen LogP contribution is -2.42. The van der Waals surface area contributed by atoms with Crippen LogP contribution in [0.1, 0.15) is 23.2 Å². The standard InChI is InChI=1S/C11H10BrFN2O2/c12-7-3-4-8(9(13)5-7)11(17)15-14-10(16)6-1-2-6/h3-6H,1-2H2,(H,14,16)(H,15,17). The minimum Gasteiger partial charge on any atom is -0.273 e. The summed E-state index contributed by atoms with van der Waals surface area (Å²) in [5, 5.41) is 0. The number of amides is 2. The number of benzene rings is 1. The summed E-state index contributed by atoms with van der Waals surface area (Å²) in [5.74, 6) is -1.54. The van der Waals surface area contributed by atoms with E-state index < -0.39 is 11.7 Å². The van der Waals surface area contributed by atoms with E-state index in [0.29, 0.717) is 4.47 Å². The van der Waals surface area contributed by atoms with Gasteiger partial charge in [-0.3, -0.25) is 20.4 Å². The second-order valence-corrected chi connectivity index (χ2v) is 4.76. The zero-order chi connectivity index (χ0) is 12.4. The predicted octanol–water partition coefficient (Wildman–Crippen LogP) is 1.76. The van der Waals surface area contributed by atoms with Crippen LogP contribution >= 0.6 is 15.9 Å². The van der Waals surface area contributed by atoms with E-state index >= 15 is 0 Å². The van der Waals surface area contributed by atoms with Crippen LogP contribution in [0.5, 0.6) is 0 Å². The minimum atomic E-state index is -0.663. The summed E-state index contributed by atoms with van der Waals surface area (Å²) in [6.45, 7) is 0. The van der Waals surface area contributed by atoms with Crippen molar-refractivity contribution >= 4 is 27.7 Å². The van der Waals surface area contributed by atoms with E-state index in [-0.39, 0.29) is 17.4 Å². The molecule has 1 saturated carbocycles. The highest BCUT2D eigenvalue weighted by atomic mass is 79.9. The zero-order valence-electron chi connectivity index (χ0n) is 8.80. The molecule has 2 rings (SSSR count). The van der Waals surface area contributed by atoms with E-state index in [1.807, 2.05) is 0 Å². The molecule has 0 atom stereocenters. The van der Waals surface area contributed by atoms with Gasteiger partial charge in [0.05, 0.1) is 5.56 Å². The first-order chi connectivity index (χ1) is 8.08. The molecule has 0 spiro atoms. The Kier molecular flexibility index (Phi) is 3.42. The van der Waals surface area contributed by atoms with Gasteiger partial charge < -0.3 is 0 Å². The molecule has 17 heavy (non-hydrogen) atoms. The lowest BCUT2D eigenvalue weighted by Gasteiger charge is -2.07. The molecule has 90 valence electrons. The van der Waals surface area contributed by atoms with Crippen molar-refractivity contribution in [3.63, 3.8) is 0 Å². The highest BCUT2D eigenvalue weighted by molar-refractivity contribution is 9.10. The van der Waals surface area contributed by atoms with Gasteiger partial charge in [0.2, 0.25) is 5.91 Å². The quantitative estimate of drug-likeness (QED) is 0.818. The van der Waals surface area contributed by atoms with Gasteiger partial charge in [-0.2, -0.15) is 0 Å². The van der Waals surface area contributed by atoms with E-state index in [9.17, 15) is 14.0 Å². The molecule has 4 nitrogen and oxygen atoms in total. The molecule has 0 aromatic heterocycles. The van der Waals surface area contributed by atoms with Crippen molar-refractivity contribution in [1.82, 2.24) is 10.9 Å². The Morgan fingerprint density at radius 2 is 2.00 bits per heavy atom. The van der Waals surface area contributed by atoms with Gasteiger partial charge >= 0.3 is 0 Å². The molecule has 1 aromatic rings. The summed E-state index contributed by atoms with van der Waals surface area (Å²) in [5.41, 5.74) is 4.35. The van der Waals surface area contributed by atoms with Crippen molar-refractivity contribution < 1.29 is 14.0 Å². The van der Waals surface area contributed by atoms with Crippen molar-refractivity contribution in [2.24, 2.45) is 5.92 Å². The van der Waals surface area contributed by atoms with E-state index in [1.165, 1.54) is 12.1 Å². The van der Waals surface area contributed by atoms with Gasteiger partial charge in [-0.1, -0.05) is 15.9 Å². The largest absolute Gasteiger partial charge is 0.273 e. The molecule has 1 aliphatic rings. The van der Waals surface area contributed by atoms with Gasteiger partial charge in [0.1, 0.15) is 5.82 Å². The molecule has 0 saturated heterocycles. The number of carbonyl (C=O) groups is 2. The minimum absolute atomic E-state index is 0.00920. The van der Waals surface area contributed by atoms with Crippen LogP contribution in [-0.2, 0) is 4.79 Å². The predicted molar refractivity (Wildman–Crippen MR) is 62.4 cm³/mol. The van der Waals surface area contributed by atoms with Gasteiger partial charge in [0, 0.05) is 10.4 Å². The van der Waals surface area contributed by atoms with Gasteiger partial charge in [0.25, 0.3) is 5.91 Å².